The van der Waals surface area contributed by atoms with E-state index in [9.17, 15) is 0 Å². The Hall–Kier alpha value is -0.870. The van der Waals surface area contributed by atoms with Crippen molar-refractivity contribution in [1.82, 2.24) is 14.7 Å². The Morgan fingerprint density at radius 1 is 1.62 bits per heavy atom. The summed E-state index contributed by atoms with van der Waals surface area (Å²) in [5, 5.41) is 4.49. The predicted molar refractivity (Wildman–Crippen MR) is 65.2 cm³/mol. The molecule has 4 heteroatoms. The molecule has 0 saturated heterocycles. The number of aryl methyl sites for hydroxylation is 2. The summed E-state index contributed by atoms with van der Waals surface area (Å²) < 4.78 is 1.90. The average molecular weight is 222 g/mol. The highest BCUT2D eigenvalue weighted by atomic mass is 15.3. The van der Waals surface area contributed by atoms with Crippen molar-refractivity contribution in [3.8, 4) is 0 Å². The van der Waals surface area contributed by atoms with E-state index in [4.69, 9.17) is 5.73 Å². The molecule has 1 aliphatic rings. The first-order chi connectivity index (χ1) is 7.67. The minimum absolute atomic E-state index is 0.330. The Balaban J connectivity index is 2.23. The Morgan fingerprint density at radius 2 is 2.31 bits per heavy atom. The molecule has 0 radical (unpaired) electrons. The minimum Gasteiger partial charge on any atom is -0.329 e. The van der Waals surface area contributed by atoms with Crippen LogP contribution in [0.2, 0.25) is 0 Å². The predicted octanol–water partition coefficient (Wildman–Crippen LogP) is 1.08. The van der Waals surface area contributed by atoms with E-state index in [0.29, 0.717) is 12.6 Å². The van der Waals surface area contributed by atoms with E-state index < -0.39 is 0 Å². The summed E-state index contributed by atoms with van der Waals surface area (Å²) in [6.45, 7) is 2.82. The van der Waals surface area contributed by atoms with Gasteiger partial charge in [0.1, 0.15) is 0 Å². The van der Waals surface area contributed by atoms with Gasteiger partial charge < -0.3 is 5.73 Å². The fourth-order valence-corrected chi connectivity index (χ4v) is 2.35. The van der Waals surface area contributed by atoms with Crippen LogP contribution in [0, 0.1) is 0 Å². The van der Waals surface area contributed by atoms with Crippen molar-refractivity contribution in [2.45, 2.75) is 38.3 Å². The van der Waals surface area contributed by atoms with Gasteiger partial charge in [0.05, 0.1) is 11.7 Å². The minimum atomic E-state index is 0.330. The summed E-state index contributed by atoms with van der Waals surface area (Å²) in [7, 11) is 4.16. The molecule has 0 bridgehead atoms. The first-order valence-electron chi connectivity index (χ1n) is 6.11. The molecule has 1 saturated carbocycles. The normalized spacial score (nSPS) is 18.1. The van der Waals surface area contributed by atoms with Gasteiger partial charge in [-0.25, -0.2) is 0 Å². The smallest absolute Gasteiger partial charge is 0.0670 e. The molecule has 2 N–H and O–H groups in total. The van der Waals surface area contributed by atoms with Crippen molar-refractivity contribution in [1.29, 1.82) is 0 Å². The van der Waals surface area contributed by atoms with Crippen molar-refractivity contribution >= 4 is 0 Å². The molecule has 1 unspecified atom stereocenters. The van der Waals surface area contributed by atoms with Crippen LogP contribution in [0.15, 0.2) is 6.20 Å². The molecule has 16 heavy (non-hydrogen) atoms. The highest BCUT2D eigenvalue weighted by molar-refractivity contribution is 5.22. The largest absolute Gasteiger partial charge is 0.329 e. The lowest BCUT2D eigenvalue weighted by atomic mass is 10.1. The fraction of sp³-hybridized carbons (Fsp3) is 0.750. The van der Waals surface area contributed by atoms with E-state index in [0.717, 1.165) is 12.5 Å². The van der Waals surface area contributed by atoms with Crippen molar-refractivity contribution in [2.24, 2.45) is 12.8 Å². The monoisotopic (exact) mass is 222 g/mol. The quantitative estimate of drug-likeness (QED) is 0.811. The van der Waals surface area contributed by atoms with Crippen LogP contribution in [-0.4, -0.2) is 34.3 Å². The number of aromatic nitrogens is 2. The molecule has 1 heterocycles. The molecule has 1 aromatic heterocycles. The van der Waals surface area contributed by atoms with E-state index >= 15 is 0 Å². The molecule has 0 amide bonds. The lowest BCUT2D eigenvalue weighted by Crippen LogP contribution is -2.32. The summed E-state index contributed by atoms with van der Waals surface area (Å²) in [6.07, 6.45) is 5.73. The molecule has 1 aliphatic carbocycles. The number of hydrogen-bond donors (Lipinski definition) is 1. The van der Waals surface area contributed by atoms with Crippen molar-refractivity contribution in [3.63, 3.8) is 0 Å². The van der Waals surface area contributed by atoms with E-state index in [-0.39, 0.29) is 0 Å². The van der Waals surface area contributed by atoms with Crippen molar-refractivity contribution < 1.29 is 0 Å². The zero-order chi connectivity index (χ0) is 11.7. The fourth-order valence-electron chi connectivity index (χ4n) is 2.35. The second-order valence-corrected chi connectivity index (χ2v) is 4.71. The third-order valence-corrected chi connectivity index (χ3v) is 3.47. The third-order valence-electron chi connectivity index (χ3n) is 3.47. The zero-order valence-corrected chi connectivity index (χ0v) is 10.5. The molecule has 4 nitrogen and oxygen atoms in total. The van der Waals surface area contributed by atoms with Crippen LogP contribution >= 0.6 is 0 Å². The number of rotatable bonds is 5. The lowest BCUT2D eigenvalue weighted by molar-refractivity contribution is 0.239. The average Bonchev–Trinajstić information content (AvgIpc) is 3.04. The van der Waals surface area contributed by atoms with E-state index in [1.165, 1.54) is 24.1 Å². The van der Waals surface area contributed by atoms with Crippen LogP contribution in [0.3, 0.4) is 0 Å². The van der Waals surface area contributed by atoms with Crippen LogP contribution in [0.25, 0.3) is 0 Å². The number of likely N-dealkylation sites (N-methyl/N-ethyl adjacent to an activating group) is 1. The van der Waals surface area contributed by atoms with Gasteiger partial charge in [0.15, 0.2) is 0 Å². The molecule has 90 valence electrons. The van der Waals surface area contributed by atoms with Crippen LogP contribution < -0.4 is 5.73 Å². The highest BCUT2D eigenvalue weighted by Gasteiger charge is 2.32. The third kappa shape index (κ3) is 2.13. The van der Waals surface area contributed by atoms with Gasteiger partial charge in [-0.2, -0.15) is 5.10 Å². The number of nitrogens with two attached hydrogens (primary N) is 1. The Labute approximate surface area is 97.4 Å². The van der Waals surface area contributed by atoms with Gasteiger partial charge in [0.2, 0.25) is 0 Å². The maximum Gasteiger partial charge on any atom is 0.0670 e. The number of nitrogens with zero attached hydrogens (tertiary/aromatic N) is 3. The van der Waals surface area contributed by atoms with Gasteiger partial charge in [-0.1, -0.05) is 6.92 Å². The van der Waals surface area contributed by atoms with Gasteiger partial charge >= 0.3 is 0 Å². The van der Waals surface area contributed by atoms with Gasteiger partial charge in [0, 0.05) is 31.4 Å². The van der Waals surface area contributed by atoms with Crippen LogP contribution in [0.5, 0.6) is 0 Å². The second kappa shape index (κ2) is 4.55. The molecule has 1 fully saturated rings. The maximum atomic E-state index is 5.93. The molecule has 1 aromatic rings. The maximum absolute atomic E-state index is 5.93. The zero-order valence-electron chi connectivity index (χ0n) is 10.5. The summed E-state index contributed by atoms with van der Waals surface area (Å²) in [5.74, 6) is 0. The Kier molecular flexibility index (Phi) is 3.30. The second-order valence-electron chi connectivity index (χ2n) is 4.71. The molecule has 1 atom stereocenters. The van der Waals surface area contributed by atoms with E-state index in [1.54, 1.807) is 0 Å². The SMILES string of the molecule is CCc1nn(C)cc1C(CN)N(C)C1CC1. The number of hydrogen-bond acceptors (Lipinski definition) is 3. The summed E-state index contributed by atoms with van der Waals surface area (Å²) >= 11 is 0. The summed E-state index contributed by atoms with van der Waals surface area (Å²) in [6, 6.07) is 1.06. The molecule has 0 spiro atoms. The summed E-state index contributed by atoms with van der Waals surface area (Å²) in [4.78, 5) is 2.41. The topological polar surface area (TPSA) is 47.1 Å². The Morgan fingerprint density at radius 3 is 2.81 bits per heavy atom. The highest BCUT2D eigenvalue weighted by Crippen LogP contribution is 2.33. The standard InChI is InChI=1S/C12H22N4/c1-4-11-10(8-15(2)14-11)12(7-13)16(3)9-5-6-9/h8-9,12H,4-7,13H2,1-3H3. The first kappa shape index (κ1) is 11.6. The van der Waals surface area contributed by atoms with Gasteiger partial charge in [-0.15, -0.1) is 0 Å². The molecule has 0 aromatic carbocycles. The van der Waals surface area contributed by atoms with Gasteiger partial charge in [-0.3, -0.25) is 9.58 Å². The van der Waals surface area contributed by atoms with E-state index in [1.807, 2.05) is 11.7 Å². The molecule has 2 rings (SSSR count). The molecule has 0 aliphatic heterocycles. The van der Waals surface area contributed by atoms with Crippen LogP contribution in [0.4, 0.5) is 0 Å². The van der Waals surface area contributed by atoms with Gasteiger partial charge in [0.25, 0.3) is 0 Å². The van der Waals surface area contributed by atoms with Crippen molar-refractivity contribution in [2.75, 3.05) is 13.6 Å². The molecular formula is C12H22N4. The Bertz CT molecular complexity index is 354. The van der Waals surface area contributed by atoms with Crippen LogP contribution in [-0.2, 0) is 13.5 Å². The van der Waals surface area contributed by atoms with E-state index in [2.05, 4.69) is 30.2 Å². The van der Waals surface area contributed by atoms with Crippen molar-refractivity contribution in [3.05, 3.63) is 17.5 Å². The van der Waals surface area contributed by atoms with Gasteiger partial charge in [-0.05, 0) is 26.3 Å². The van der Waals surface area contributed by atoms with Crippen LogP contribution in [0.1, 0.15) is 37.1 Å². The first-order valence-corrected chi connectivity index (χ1v) is 6.11. The summed E-state index contributed by atoms with van der Waals surface area (Å²) in [5.41, 5.74) is 8.42. The molecular weight excluding hydrogens is 200 g/mol. The lowest BCUT2D eigenvalue weighted by Gasteiger charge is -2.26.